The molecule has 0 bridgehead atoms. The highest BCUT2D eigenvalue weighted by molar-refractivity contribution is 8.01. The smallest absolute Gasteiger partial charge is 0.352 e. The molecule has 19 heteroatoms. The average Bonchev–Trinajstić information content (AvgIpc) is 3.49. The lowest BCUT2D eigenvalue weighted by Gasteiger charge is -2.49. The number of amides is 2. The van der Waals surface area contributed by atoms with E-state index >= 15 is 0 Å². The number of nitrogens with zero attached hydrogens (tertiary/aromatic N) is 8. The maximum absolute atomic E-state index is 12.9. The van der Waals surface area contributed by atoms with Crippen LogP contribution in [-0.4, -0.2) is 104 Å². The first kappa shape index (κ1) is 24.5. The number of thioether (sulfide) groups is 2. The number of rotatable bonds is 10. The van der Waals surface area contributed by atoms with Gasteiger partial charge in [-0.05, 0) is 27.5 Å². The van der Waals surface area contributed by atoms with Crippen molar-refractivity contribution in [3.8, 4) is 0 Å². The number of hydrogen-bond acceptors (Lipinski definition) is 14. The first-order valence-electron chi connectivity index (χ1n) is 9.52. The van der Waals surface area contributed by atoms with Crippen molar-refractivity contribution in [1.82, 2.24) is 39.8 Å². The van der Waals surface area contributed by atoms with Gasteiger partial charge in [0, 0.05) is 18.6 Å². The average molecular weight is 542 g/mol. The van der Waals surface area contributed by atoms with Gasteiger partial charge in [0.2, 0.25) is 23.3 Å². The Morgan fingerprint density at radius 3 is 2.80 bits per heavy atom. The van der Waals surface area contributed by atoms with Crippen molar-refractivity contribution in [2.75, 3.05) is 18.1 Å². The summed E-state index contributed by atoms with van der Waals surface area (Å²) in [7, 11) is 1.65. The fourth-order valence-electron chi connectivity index (χ4n) is 3.11. The highest BCUT2D eigenvalue weighted by Gasteiger charge is 2.54. The van der Waals surface area contributed by atoms with Gasteiger partial charge in [0.25, 0.3) is 11.8 Å². The molecule has 2 atom stereocenters. The fraction of sp³-hybridized carbons (Fsp3) is 0.375. The molecule has 1 unspecified atom stereocenters. The van der Waals surface area contributed by atoms with Crippen LogP contribution in [0.5, 0.6) is 0 Å². The van der Waals surface area contributed by atoms with E-state index in [1.54, 1.807) is 7.05 Å². The van der Waals surface area contributed by atoms with Crippen LogP contribution in [-0.2, 0) is 31.1 Å². The molecular formula is C16H15N9O7S3. The Balaban J connectivity index is 1.48. The van der Waals surface area contributed by atoms with Gasteiger partial charge in [0.15, 0.2) is 0 Å². The van der Waals surface area contributed by atoms with Crippen molar-refractivity contribution in [3.63, 3.8) is 0 Å². The molecule has 0 saturated carbocycles. The van der Waals surface area contributed by atoms with E-state index in [0.29, 0.717) is 16.5 Å². The van der Waals surface area contributed by atoms with E-state index in [2.05, 4.69) is 40.2 Å². The number of carboxylic acid groups (broad SMARTS) is 2. The number of aromatic nitrogens is 6. The zero-order valence-corrected chi connectivity index (χ0v) is 20.0. The molecule has 4 rings (SSSR count). The van der Waals surface area contributed by atoms with Crippen LogP contribution in [0.1, 0.15) is 5.82 Å². The molecule has 2 aliphatic rings. The van der Waals surface area contributed by atoms with Crippen LogP contribution in [0.4, 0.5) is 0 Å². The molecule has 2 aromatic heterocycles. The second-order valence-electron chi connectivity index (χ2n) is 6.85. The second kappa shape index (κ2) is 10.4. The predicted molar refractivity (Wildman–Crippen MR) is 119 cm³/mol. The largest absolute Gasteiger partial charge is 0.479 e. The standard InChI is InChI=1S/C16H15N9O7S3/c1-24-16(19-22-23-24)34-4-6-3-33-14-9(13(29)25(14)10(6)15(30)31)18-12(28)8(11-17-5-35-21-11)20-32-2-7(26)27/h5,9,14H,2-4H2,1H3,(H,18,28)(H,26,27)(H,30,31)/b20-8-/t9?,14-/m1/s1. The minimum Gasteiger partial charge on any atom is -0.479 e. The minimum atomic E-state index is -1.31. The highest BCUT2D eigenvalue weighted by Crippen LogP contribution is 2.41. The molecular weight excluding hydrogens is 526 g/mol. The number of carboxylic acids is 2. The molecule has 2 aliphatic heterocycles. The third-order valence-corrected chi connectivity index (χ3v) is 7.54. The molecule has 16 nitrogen and oxygen atoms in total. The van der Waals surface area contributed by atoms with E-state index in [0.717, 1.165) is 16.4 Å². The number of carbonyl (C=O) groups is 4. The first-order valence-corrected chi connectivity index (χ1v) is 12.4. The van der Waals surface area contributed by atoms with E-state index < -0.39 is 47.5 Å². The topological polar surface area (TPSA) is 215 Å². The van der Waals surface area contributed by atoms with Gasteiger partial charge in [-0.15, -0.1) is 16.9 Å². The Labute approximate surface area is 207 Å². The third-order valence-electron chi connectivity index (χ3n) is 4.63. The van der Waals surface area contributed by atoms with Gasteiger partial charge in [-0.25, -0.2) is 19.3 Å². The summed E-state index contributed by atoms with van der Waals surface area (Å²) in [6, 6.07) is -1.04. The van der Waals surface area contributed by atoms with Crippen molar-refractivity contribution in [2.24, 2.45) is 12.2 Å². The number of β-lactam (4-membered cyclic amide) rings is 1. The quantitative estimate of drug-likeness (QED) is 0.134. The molecule has 2 aromatic rings. The lowest BCUT2D eigenvalue weighted by molar-refractivity contribution is -0.150. The van der Waals surface area contributed by atoms with Crippen LogP contribution < -0.4 is 5.32 Å². The zero-order chi connectivity index (χ0) is 25.1. The van der Waals surface area contributed by atoms with Crippen molar-refractivity contribution < 1.29 is 34.2 Å². The molecule has 4 heterocycles. The number of carbonyl (C=O) groups excluding carboxylic acids is 2. The maximum atomic E-state index is 12.9. The molecule has 2 amide bonds. The Kier molecular flexibility index (Phi) is 7.26. The highest BCUT2D eigenvalue weighted by atomic mass is 32.2. The number of oxime groups is 1. The Morgan fingerprint density at radius 1 is 1.37 bits per heavy atom. The van der Waals surface area contributed by atoms with Gasteiger partial charge in [0.05, 0.1) is 0 Å². The third kappa shape index (κ3) is 5.10. The second-order valence-corrected chi connectivity index (χ2v) is 9.51. The van der Waals surface area contributed by atoms with E-state index in [9.17, 15) is 24.3 Å². The van der Waals surface area contributed by atoms with Crippen molar-refractivity contribution in [1.29, 1.82) is 0 Å². The molecule has 0 spiro atoms. The summed E-state index contributed by atoms with van der Waals surface area (Å²) >= 11 is 3.45. The number of tetrazole rings is 1. The van der Waals surface area contributed by atoms with E-state index in [4.69, 9.17) is 5.11 Å². The van der Waals surface area contributed by atoms with Gasteiger partial charge in [0.1, 0.15) is 22.6 Å². The van der Waals surface area contributed by atoms with E-state index in [-0.39, 0.29) is 17.3 Å². The summed E-state index contributed by atoms with van der Waals surface area (Å²) in [4.78, 5) is 58.0. The van der Waals surface area contributed by atoms with Gasteiger partial charge < -0.3 is 20.4 Å². The number of nitrogens with one attached hydrogen (secondary N) is 1. The van der Waals surface area contributed by atoms with E-state index in [1.807, 2.05) is 0 Å². The molecule has 0 radical (unpaired) electrons. The molecule has 1 saturated heterocycles. The summed E-state index contributed by atoms with van der Waals surface area (Å²) in [5, 5.41) is 35.4. The molecule has 0 aliphatic carbocycles. The molecule has 3 N–H and O–H groups in total. The lowest BCUT2D eigenvalue weighted by Crippen LogP contribution is -2.71. The predicted octanol–water partition coefficient (Wildman–Crippen LogP) is -1.60. The van der Waals surface area contributed by atoms with Crippen LogP contribution in [0.3, 0.4) is 0 Å². The summed E-state index contributed by atoms with van der Waals surface area (Å²) < 4.78 is 5.33. The molecule has 184 valence electrons. The SMILES string of the molecule is Cn1nnnc1SCC1=C(C(=O)O)N2C(=O)C(NC(=O)/C(=N\OCC(=O)O)c3ncsn3)[C@H]2SC1. The Morgan fingerprint density at radius 2 is 2.17 bits per heavy atom. The minimum absolute atomic E-state index is 0.110. The lowest BCUT2D eigenvalue weighted by atomic mass is 10.0. The number of fused-ring (bicyclic) bond motifs is 1. The van der Waals surface area contributed by atoms with Gasteiger partial charge in [-0.1, -0.05) is 16.9 Å². The van der Waals surface area contributed by atoms with Crippen molar-refractivity contribution in [3.05, 3.63) is 22.6 Å². The van der Waals surface area contributed by atoms with Crippen LogP contribution in [0.15, 0.2) is 27.1 Å². The first-order chi connectivity index (χ1) is 16.8. The van der Waals surface area contributed by atoms with Gasteiger partial charge in [-0.3, -0.25) is 14.5 Å². The number of aryl methyl sites for hydroxylation is 1. The summed E-state index contributed by atoms with van der Waals surface area (Å²) in [6.45, 7) is -0.798. The molecule has 35 heavy (non-hydrogen) atoms. The van der Waals surface area contributed by atoms with Crippen LogP contribution >= 0.6 is 35.1 Å². The van der Waals surface area contributed by atoms with Crippen LogP contribution in [0.2, 0.25) is 0 Å². The maximum Gasteiger partial charge on any atom is 0.352 e. The molecule has 0 aromatic carbocycles. The fourth-order valence-corrected chi connectivity index (χ4v) is 5.87. The Hall–Kier alpha value is -3.58. The van der Waals surface area contributed by atoms with Crippen molar-refractivity contribution >= 4 is 64.5 Å². The Bertz CT molecular complexity index is 1230. The zero-order valence-electron chi connectivity index (χ0n) is 17.6. The van der Waals surface area contributed by atoms with Crippen LogP contribution in [0.25, 0.3) is 0 Å². The summed E-state index contributed by atoms with van der Waals surface area (Å²) in [6.07, 6.45) is 0. The summed E-state index contributed by atoms with van der Waals surface area (Å²) in [5.41, 5.74) is 1.29. The van der Waals surface area contributed by atoms with E-state index in [1.165, 1.54) is 33.7 Å². The number of hydrogen-bond donors (Lipinski definition) is 3. The normalized spacial score (nSPS) is 19.7. The monoisotopic (exact) mass is 541 g/mol. The number of aliphatic carboxylic acids is 2. The van der Waals surface area contributed by atoms with Crippen LogP contribution in [0, 0.1) is 0 Å². The summed E-state index contributed by atoms with van der Waals surface area (Å²) in [5.74, 6) is -3.61. The van der Waals surface area contributed by atoms with Gasteiger partial charge in [-0.2, -0.15) is 4.37 Å². The van der Waals surface area contributed by atoms with Gasteiger partial charge >= 0.3 is 11.9 Å². The van der Waals surface area contributed by atoms with Crippen molar-refractivity contribution in [2.45, 2.75) is 16.6 Å². The molecule has 1 fully saturated rings.